The summed E-state index contributed by atoms with van der Waals surface area (Å²) in [5.41, 5.74) is -0.245. The van der Waals surface area contributed by atoms with Gasteiger partial charge in [0.05, 0.1) is 6.61 Å². The van der Waals surface area contributed by atoms with E-state index in [4.69, 9.17) is 0 Å². The van der Waals surface area contributed by atoms with E-state index in [9.17, 15) is 9.90 Å². The molecule has 1 aliphatic rings. The first-order valence-electron chi connectivity index (χ1n) is 5.29. The number of hydrogen-bond acceptors (Lipinski definition) is 2. The van der Waals surface area contributed by atoms with E-state index in [2.05, 4.69) is 6.58 Å². The molecule has 0 spiro atoms. The lowest BCUT2D eigenvalue weighted by atomic mass is 9.65. The van der Waals surface area contributed by atoms with Crippen molar-refractivity contribution in [2.75, 3.05) is 6.61 Å². The Labute approximate surface area is 86.0 Å². The van der Waals surface area contributed by atoms with Gasteiger partial charge in [0, 0.05) is 11.3 Å². The number of allylic oxidation sites excluding steroid dienone is 1. The second kappa shape index (κ2) is 4.26. The summed E-state index contributed by atoms with van der Waals surface area (Å²) in [5, 5.41) is 9.24. The predicted octanol–water partition coefficient (Wildman–Crippen LogP) is 2.18. The third-order valence-corrected chi connectivity index (χ3v) is 3.38. The minimum atomic E-state index is -0.245. The van der Waals surface area contributed by atoms with Gasteiger partial charge in [0.1, 0.15) is 5.78 Å². The maximum Gasteiger partial charge on any atom is 0.144 e. The van der Waals surface area contributed by atoms with Gasteiger partial charge in [-0.05, 0) is 25.2 Å². The van der Waals surface area contributed by atoms with Crippen molar-refractivity contribution in [1.82, 2.24) is 0 Å². The monoisotopic (exact) mass is 196 g/mol. The molecule has 0 aromatic heterocycles. The Morgan fingerprint density at radius 3 is 2.79 bits per heavy atom. The zero-order chi connectivity index (χ0) is 10.8. The largest absolute Gasteiger partial charge is 0.396 e. The van der Waals surface area contributed by atoms with Gasteiger partial charge in [-0.1, -0.05) is 19.9 Å². The molecule has 0 aromatic rings. The molecule has 2 atom stereocenters. The van der Waals surface area contributed by atoms with E-state index in [0.29, 0.717) is 5.92 Å². The van der Waals surface area contributed by atoms with E-state index in [1.807, 2.05) is 19.9 Å². The Bertz CT molecular complexity index is 230. The molecule has 0 saturated heterocycles. The molecule has 2 nitrogen and oxygen atoms in total. The highest BCUT2D eigenvalue weighted by atomic mass is 16.3. The highest BCUT2D eigenvalue weighted by Gasteiger charge is 2.41. The molecule has 1 rings (SSSR count). The van der Waals surface area contributed by atoms with Gasteiger partial charge in [-0.15, -0.1) is 6.58 Å². The Morgan fingerprint density at radius 2 is 2.29 bits per heavy atom. The molecule has 0 aliphatic heterocycles. The van der Waals surface area contributed by atoms with Crippen molar-refractivity contribution in [3.8, 4) is 0 Å². The molecular formula is C12H20O2. The van der Waals surface area contributed by atoms with E-state index in [0.717, 1.165) is 19.3 Å². The summed E-state index contributed by atoms with van der Waals surface area (Å²) in [4.78, 5) is 12.0. The van der Waals surface area contributed by atoms with Gasteiger partial charge in [-0.2, -0.15) is 0 Å². The van der Waals surface area contributed by atoms with Crippen molar-refractivity contribution in [2.45, 2.75) is 33.1 Å². The smallest absolute Gasteiger partial charge is 0.144 e. The van der Waals surface area contributed by atoms with Crippen LogP contribution in [-0.4, -0.2) is 17.5 Å². The van der Waals surface area contributed by atoms with Gasteiger partial charge in [-0.25, -0.2) is 0 Å². The Morgan fingerprint density at radius 1 is 1.64 bits per heavy atom. The summed E-state index contributed by atoms with van der Waals surface area (Å²) in [6, 6.07) is 0. The highest BCUT2D eigenvalue weighted by molar-refractivity contribution is 5.87. The topological polar surface area (TPSA) is 37.3 Å². The fourth-order valence-electron chi connectivity index (χ4n) is 2.31. The molecule has 1 aliphatic carbocycles. The zero-order valence-electron chi connectivity index (χ0n) is 9.12. The van der Waals surface area contributed by atoms with E-state index in [1.165, 1.54) is 0 Å². The number of aliphatic hydroxyl groups is 1. The van der Waals surface area contributed by atoms with Crippen LogP contribution in [0.25, 0.3) is 0 Å². The van der Waals surface area contributed by atoms with Gasteiger partial charge < -0.3 is 5.11 Å². The Kier molecular flexibility index (Phi) is 3.48. The number of hydrogen-bond donors (Lipinski definition) is 1. The SMILES string of the molecule is C=CC[C@@H]1CCC(C)(C)C(=O)[C@H]1CO. The molecule has 14 heavy (non-hydrogen) atoms. The standard InChI is InChI=1S/C12H20O2/c1-4-5-9-6-7-12(2,3)11(14)10(9)8-13/h4,9-10,13H,1,5-8H2,2-3H3/t9-,10+/m1/s1. The average molecular weight is 196 g/mol. The molecule has 80 valence electrons. The molecule has 1 fully saturated rings. The molecule has 0 aromatic carbocycles. The third kappa shape index (κ3) is 2.06. The fraction of sp³-hybridized carbons (Fsp3) is 0.750. The van der Waals surface area contributed by atoms with E-state index < -0.39 is 0 Å². The molecule has 0 unspecified atom stereocenters. The third-order valence-electron chi connectivity index (χ3n) is 3.38. The minimum Gasteiger partial charge on any atom is -0.396 e. The van der Waals surface area contributed by atoms with E-state index in [1.54, 1.807) is 0 Å². The molecule has 0 amide bonds. The van der Waals surface area contributed by atoms with Crippen LogP contribution in [0.1, 0.15) is 33.1 Å². The van der Waals surface area contributed by atoms with Gasteiger partial charge >= 0.3 is 0 Å². The predicted molar refractivity (Wildman–Crippen MR) is 56.9 cm³/mol. The van der Waals surface area contributed by atoms with Crippen LogP contribution in [0.15, 0.2) is 12.7 Å². The first kappa shape index (κ1) is 11.4. The van der Waals surface area contributed by atoms with Gasteiger partial charge in [0.15, 0.2) is 0 Å². The maximum atomic E-state index is 12.0. The summed E-state index contributed by atoms with van der Waals surface area (Å²) in [6.07, 6.45) is 4.64. The molecule has 0 heterocycles. The Hall–Kier alpha value is -0.630. The van der Waals surface area contributed by atoms with Crippen molar-refractivity contribution >= 4 is 5.78 Å². The summed E-state index contributed by atoms with van der Waals surface area (Å²) >= 11 is 0. The lowest BCUT2D eigenvalue weighted by Gasteiger charge is -2.38. The normalized spacial score (nSPS) is 31.5. The van der Waals surface area contributed by atoms with Crippen LogP contribution in [0.5, 0.6) is 0 Å². The number of carbonyl (C=O) groups excluding carboxylic acids is 1. The van der Waals surface area contributed by atoms with E-state index >= 15 is 0 Å². The van der Waals surface area contributed by atoms with Crippen molar-refractivity contribution in [3.05, 3.63) is 12.7 Å². The zero-order valence-corrected chi connectivity index (χ0v) is 9.12. The lowest BCUT2D eigenvalue weighted by molar-refractivity contribution is -0.138. The van der Waals surface area contributed by atoms with Crippen LogP contribution in [0.3, 0.4) is 0 Å². The van der Waals surface area contributed by atoms with Crippen LogP contribution < -0.4 is 0 Å². The molecular weight excluding hydrogens is 176 g/mol. The quantitative estimate of drug-likeness (QED) is 0.702. The second-order valence-corrected chi connectivity index (χ2v) is 4.86. The number of carbonyl (C=O) groups is 1. The van der Waals surface area contributed by atoms with Gasteiger partial charge in [0.25, 0.3) is 0 Å². The first-order chi connectivity index (χ1) is 6.53. The van der Waals surface area contributed by atoms with Crippen LogP contribution in [0, 0.1) is 17.3 Å². The van der Waals surface area contributed by atoms with Crippen LogP contribution in [0.2, 0.25) is 0 Å². The average Bonchev–Trinajstić information content (AvgIpc) is 2.13. The molecule has 1 saturated carbocycles. The molecule has 0 bridgehead atoms. The number of ketones is 1. The Balaban J connectivity index is 2.77. The summed E-state index contributed by atoms with van der Waals surface area (Å²) in [5.74, 6) is 0.355. The summed E-state index contributed by atoms with van der Waals surface area (Å²) in [7, 11) is 0. The number of aliphatic hydroxyl groups excluding tert-OH is 1. The van der Waals surface area contributed by atoms with Gasteiger partial charge in [0.2, 0.25) is 0 Å². The lowest BCUT2D eigenvalue weighted by Crippen LogP contribution is -2.42. The summed E-state index contributed by atoms with van der Waals surface area (Å²) < 4.78 is 0. The van der Waals surface area contributed by atoms with Crippen molar-refractivity contribution in [1.29, 1.82) is 0 Å². The van der Waals surface area contributed by atoms with Gasteiger partial charge in [-0.3, -0.25) is 4.79 Å². The van der Waals surface area contributed by atoms with E-state index in [-0.39, 0.29) is 23.7 Å². The van der Waals surface area contributed by atoms with Crippen molar-refractivity contribution in [2.24, 2.45) is 17.3 Å². The second-order valence-electron chi connectivity index (χ2n) is 4.86. The van der Waals surface area contributed by atoms with Crippen LogP contribution >= 0.6 is 0 Å². The first-order valence-corrected chi connectivity index (χ1v) is 5.29. The minimum absolute atomic E-state index is 0.0131. The van der Waals surface area contributed by atoms with Crippen LogP contribution in [-0.2, 0) is 4.79 Å². The van der Waals surface area contributed by atoms with Crippen LogP contribution in [0.4, 0.5) is 0 Å². The maximum absolute atomic E-state index is 12.0. The molecule has 0 radical (unpaired) electrons. The fourth-order valence-corrected chi connectivity index (χ4v) is 2.31. The number of rotatable bonds is 3. The summed E-state index contributed by atoms with van der Waals surface area (Å²) in [6.45, 7) is 7.63. The number of Topliss-reactive ketones (excluding diaryl/α,β-unsaturated/α-hetero) is 1. The molecule has 2 heteroatoms. The van der Waals surface area contributed by atoms with Crippen molar-refractivity contribution < 1.29 is 9.90 Å². The molecule has 1 N–H and O–H groups in total. The highest BCUT2D eigenvalue weighted by Crippen LogP contribution is 2.40. The van der Waals surface area contributed by atoms with Crippen molar-refractivity contribution in [3.63, 3.8) is 0 Å².